The van der Waals surface area contributed by atoms with Gasteiger partial charge in [-0.3, -0.25) is 9.58 Å². The number of methoxy groups -OCH3 is 1. The van der Waals surface area contributed by atoms with E-state index in [1.807, 2.05) is 7.05 Å². The SMILES string of the molecule is CCN(Cc1nc(Cl)c2cnn(C)c2n1)C(C)COC. The normalized spacial score (nSPS) is 13.3. The zero-order valence-corrected chi connectivity index (χ0v) is 13.1. The molecule has 0 fully saturated rings. The third kappa shape index (κ3) is 3.08. The maximum atomic E-state index is 6.20. The minimum Gasteiger partial charge on any atom is -0.383 e. The van der Waals surface area contributed by atoms with Gasteiger partial charge in [-0.05, 0) is 13.5 Å². The summed E-state index contributed by atoms with van der Waals surface area (Å²) in [5.41, 5.74) is 0.760. The fraction of sp³-hybridized carbons (Fsp3) is 0.615. The third-order valence-corrected chi connectivity index (χ3v) is 3.66. The van der Waals surface area contributed by atoms with Crippen LogP contribution in [0.4, 0.5) is 0 Å². The zero-order valence-electron chi connectivity index (χ0n) is 12.3. The van der Waals surface area contributed by atoms with Gasteiger partial charge < -0.3 is 4.74 Å². The molecule has 0 saturated heterocycles. The molecule has 1 unspecified atom stereocenters. The predicted octanol–water partition coefficient (Wildman–Crippen LogP) is 1.87. The van der Waals surface area contributed by atoms with Crippen LogP contribution in [0.15, 0.2) is 6.20 Å². The molecular formula is C13H20ClN5O. The Morgan fingerprint density at radius 2 is 2.20 bits per heavy atom. The van der Waals surface area contributed by atoms with Crippen LogP contribution >= 0.6 is 11.6 Å². The standard InChI is InChI=1S/C13H20ClN5O/c1-5-19(9(2)8-20-4)7-11-16-12(14)10-6-15-18(3)13(10)17-11/h6,9H,5,7-8H2,1-4H3. The van der Waals surface area contributed by atoms with Crippen LogP contribution in [-0.2, 0) is 18.3 Å². The average molecular weight is 298 g/mol. The number of likely N-dealkylation sites (N-methyl/N-ethyl adjacent to an activating group) is 1. The van der Waals surface area contributed by atoms with E-state index >= 15 is 0 Å². The fourth-order valence-electron chi connectivity index (χ4n) is 2.21. The van der Waals surface area contributed by atoms with Gasteiger partial charge in [-0.2, -0.15) is 5.10 Å². The summed E-state index contributed by atoms with van der Waals surface area (Å²) in [6.45, 7) is 6.44. The van der Waals surface area contributed by atoms with E-state index in [9.17, 15) is 0 Å². The molecular weight excluding hydrogens is 278 g/mol. The average Bonchev–Trinajstić information content (AvgIpc) is 2.78. The maximum absolute atomic E-state index is 6.20. The molecule has 0 radical (unpaired) electrons. The van der Waals surface area contributed by atoms with Crippen LogP contribution in [0.1, 0.15) is 19.7 Å². The van der Waals surface area contributed by atoms with Gasteiger partial charge in [0, 0.05) is 20.2 Å². The molecule has 20 heavy (non-hydrogen) atoms. The smallest absolute Gasteiger partial charge is 0.162 e. The van der Waals surface area contributed by atoms with Crippen molar-refractivity contribution in [1.82, 2.24) is 24.6 Å². The molecule has 0 amide bonds. The second-order valence-corrected chi connectivity index (χ2v) is 5.16. The van der Waals surface area contributed by atoms with E-state index in [0.29, 0.717) is 30.2 Å². The van der Waals surface area contributed by atoms with E-state index in [4.69, 9.17) is 16.3 Å². The molecule has 7 heteroatoms. The minimum atomic E-state index is 0.301. The summed E-state index contributed by atoms with van der Waals surface area (Å²) in [6.07, 6.45) is 1.69. The first-order valence-corrected chi connectivity index (χ1v) is 7.01. The lowest BCUT2D eigenvalue weighted by Gasteiger charge is -2.26. The number of nitrogens with zero attached hydrogens (tertiary/aromatic N) is 5. The Labute approximate surface area is 123 Å². The Kier molecular flexibility index (Phi) is 4.91. The van der Waals surface area contributed by atoms with E-state index in [1.165, 1.54) is 0 Å². The number of ether oxygens (including phenoxy) is 1. The largest absolute Gasteiger partial charge is 0.383 e. The number of aryl methyl sites for hydroxylation is 1. The highest BCUT2D eigenvalue weighted by atomic mass is 35.5. The van der Waals surface area contributed by atoms with Crippen LogP contribution in [0.25, 0.3) is 11.0 Å². The summed E-state index contributed by atoms with van der Waals surface area (Å²) in [5, 5.41) is 5.39. The van der Waals surface area contributed by atoms with Crippen molar-refractivity contribution in [3.05, 3.63) is 17.2 Å². The third-order valence-electron chi connectivity index (χ3n) is 3.37. The Hall–Kier alpha value is -1.24. The van der Waals surface area contributed by atoms with Crippen LogP contribution in [0.5, 0.6) is 0 Å². The van der Waals surface area contributed by atoms with Gasteiger partial charge in [0.1, 0.15) is 11.0 Å². The first-order chi connectivity index (χ1) is 9.56. The zero-order chi connectivity index (χ0) is 14.7. The monoisotopic (exact) mass is 297 g/mol. The molecule has 0 aliphatic rings. The van der Waals surface area contributed by atoms with Crippen molar-refractivity contribution >= 4 is 22.6 Å². The molecule has 2 heterocycles. The van der Waals surface area contributed by atoms with Crippen LogP contribution < -0.4 is 0 Å². The van der Waals surface area contributed by atoms with Gasteiger partial charge in [0.15, 0.2) is 5.65 Å². The van der Waals surface area contributed by atoms with Crippen molar-refractivity contribution in [2.75, 3.05) is 20.3 Å². The topological polar surface area (TPSA) is 56.1 Å². The number of halogens is 1. The lowest BCUT2D eigenvalue weighted by Crippen LogP contribution is -2.36. The highest BCUT2D eigenvalue weighted by molar-refractivity contribution is 6.33. The van der Waals surface area contributed by atoms with Crippen LogP contribution in [0.3, 0.4) is 0 Å². The van der Waals surface area contributed by atoms with Gasteiger partial charge in [0.05, 0.1) is 24.7 Å². The van der Waals surface area contributed by atoms with Gasteiger partial charge in [-0.1, -0.05) is 18.5 Å². The summed E-state index contributed by atoms with van der Waals surface area (Å²) in [7, 11) is 3.56. The molecule has 110 valence electrons. The summed E-state index contributed by atoms with van der Waals surface area (Å²) >= 11 is 6.20. The fourth-order valence-corrected chi connectivity index (χ4v) is 2.44. The summed E-state index contributed by atoms with van der Waals surface area (Å²) in [6, 6.07) is 0.301. The second kappa shape index (κ2) is 6.47. The molecule has 0 N–H and O–H groups in total. The van der Waals surface area contributed by atoms with Crippen LogP contribution in [-0.4, -0.2) is 51.0 Å². The van der Waals surface area contributed by atoms with Crippen molar-refractivity contribution in [2.45, 2.75) is 26.4 Å². The first kappa shape index (κ1) is 15.2. The Morgan fingerprint density at radius 3 is 2.85 bits per heavy atom. The number of hydrogen-bond donors (Lipinski definition) is 0. The van der Waals surface area contributed by atoms with Crippen molar-refractivity contribution < 1.29 is 4.74 Å². The molecule has 0 saturated carbocycles. The lowest BCUT2D eigenvalue weighted by atomic mass is 10.3. The van der Waals surface area contributed by atoms with Gasteiger partial charge in [-0.15, -0.1) is 0 Å². The van der Waals surface area contributed by atoms with Crippen LogP contribution in [0.2, 0.25) is 5.15 Å². The molecule has 2 rings (SSSR count). The van der Waals surface area contributed by atoms with Crippen molar-refractivity contribution in [3.8, 4) is 0 Å². The van der Waals surface area contributed by atoms with E-state index in [1.54, 1.807) is 18.0 Å². The number of fused-ring (bicyclic) bond motifs is 1. The first-order valence-electron chi connectivity index (χ1n) is 6.63. The van der Waals surface area contributed by atoms with Crippen molar-refractivity contribution in [3.63, 3.8) is 0 Å². The summed E-state index contributed by atoms with van der Waals surface area (Å²) in [5.74, 6) is 0.705. The minimum absolute atomic E-state index is 0.301. The van der Waals surface area contributed by atoms with Crippen molar-refractivity contribution in [1.29, 1.82) is 0 Å². The van der Waals surface area contributed by atoms with Crippen LogP contribution in [0, 0.1) is 0 Å². The van der Waals surface area contributed by atoms with Gasteiger partial charge in [-0.25, -0.2) is 9.97 Å². The Morgan fingerprint density at radius 1 is 1.45 bits per heavy atom. The van der Waals surface area contributed by atoms with E-state index in [-0.39, 0.29) is 0 Å². The Bertz CT molecular complexity index is 585. The maximum Gasteiger partial charge on any atom is 0.162 e. The molecule has 6 nitrogen and oxygen atoms in total. The number of hydrogen-bond acceptors (Lipinski definition) is 5. The number of rotatable bonds is 6. The van der Waals surface area contributed by atoms with Gasteiger partial charge in [0.25, 0.3) is 0 Å². The highest BCUT2D eigenvalue weighted by Gasteiger charge is 2.16. The molecule has 0 bridgehead atoms. The van der Waals surface area contributed by atoms with E-state index in [0.717, 1.165) is 17.6 Å². The molecule has 0 spiro atoms. The lowest BCUT2D eigenvalue weighted by molar-refractivity contribution is 0.0966. The molecule has 0 aromatic carbocycles. The predicted molar refractivity (Wildman–Crippen MR) is 78.7 cm³/mol. The molecule has 0 aliphatic carbocycles. The Balaban J connectivity index is 2.26. The quantitative estimate of drug-likeness (QED) is 0.762. The number of aromatic nitrogens is 4. The van der Waals surface area contributed by atoms with Gasteiger partial charge >= 0.3 is 0 Å². The summed E-state index contributed by atoms with van der Waals surface area (Å²) in [4.78, 5) is 11.2. The van der Waals surface area contributed by atoms with E-state index < -0.39 is 0 Å². The molecule has 1 atom stereocenters. The molecule has 2 aromatic rings. The molecule has 2 aromatic heterocycles. The summed E-state index contributed by atoms with van der Waals surface area (Å²) < 4.78 is 6.91. The van der Waals surface area contributed by atoms with Crippen molar-refractivity contribution in [2.24, 2.45) is 7.05 Å². The second-order valence-electron chi connectivity index (χ2n) is 4.80. The molecule has 0 aliphatic heterocycles. The van der Waals surface area contributed by atoms with E-state index in [2.05, 4.69) is 33.8 Å². The van der Waals surface area contributed by atoms with Gasteiger partial charge in [0.2, 0.25) is 0 Å². The highest BCUT2D eigenvalue weighted by Crippen LogP contribution is 2.20.